The lowest BCUT2D eigenvalue weighted by Gasteiger charge is -2.33. The van der Waals surface area contributed by atoms with Crippen LogP contribution in [-0.4, -0.2) is 33.7 Å². The summed E-state index contributed by atoms with van der Waals surface area (Å²) in [5, 5.41) is 8.60. The second kappa shape index (κ2) is 6.63. The van der Waals surface area contributed by atoms with Crippen LogP contribution in [0.1, 0.15) is 61.9 Å². The Balaban J connectivity index is 1.58. The van der Waals surface area contributed by atoms with Gasteiger partial charge in [-0.05, 0) is 37.2 Å². The molecule has 6 heteroatoms. The van der Waals surface area contributed by atoms with E-state index in [0.717, 1.165) is 19.3 Å². The Morgan fingerprint density at radius 2 is 1.95 bits per heavy atom. The molecule has 0 aromatic carbocycles. The summed E-state index contributed by atoms with van der Waals surface area (Å²) < 4.78 is 9.97. The van der Waals surface area contributed by atoms with Gasteiger partial charge >= 0.3 is 0 Å². The van der Waals surface area contributed by atoms with E-state index in [2.05, 4.69) is 14.9 Å². The highest BCUT2D eigenvalue weighted by molar-refractivity contribution is 7.03. The predicted molar refractivity (Wildman–Crippen MR) is 76.8 cm³/mol. The Kier molecular flexibility index (Phi) is 4.62. The molecule has 110 valence electrons. The van der Waals surface area contributed by atoms with Crippen molar-refractivity contribution in [1.82, 2.24) is 14.9 Å². The Labute approximate surface area is 123 Å². The van der Waals surface area contributed by atoms with Crippen molar-refractivity contribution in [2.75, 3.05) is 0 Å². The van der Waals surface area contributed by atoms with Gasteiger partial charge in [0.2, 0.25) is 0 Å². The van der Waals surface area contributed by atoms with Crippen LogP contribution in [0.4, 0.5) is 0 Å². The Bertz CT molecular complexity index is 432. The van der Waals surface area contributed by atoms with E-state index in [0.29, 0.717) is 11.8 Å². The SMILES string of the molecule is O=C(NC1CCCCC1OC1CCCC1)c1csnn1. The number of ether oxygens (including phenoxy) is 1. The molecule has 1 amide bonds. The summed E-state index contributed by atoms with van der Waals surface area (Å²) in [4.78, 5) is 12.1. The quantitative estimate of drug-likeness (QED) is 0.927. The third-order valence-electron chi connectivity index (χ3n) is 4.28. The first kappa shape index (κ1) is 13.9. The first-order valence-corrected chi connectivity index (χ1v) is 8.40. The topological polar surface area (TPSA) is 64.1 Å². The third-order valence-corrected chi connectivity index (χ3v) is 4.79. The van der Waals surface area contributed by atoms with Crippen molar-refractivity contribution in [2.24, 2.45) is 0 Å². The fourth-order valence-electron chi connectivity index (χ4n) is 3.20. The molecule has 0 aliphatic heterocycles. The molecule has 2 atom stereocenters. The minimum Gasteiger partial charge on any atom is -0.373 e. The average Bonchev–Trinajstić information content (AvgIpc) is 3.13. The molecule has 20 heavy (non-hydrogen) atoms. The van der Waals surface area contributed by atoms with Gasteiger partial charge in [-0.3, -0.25) is 4.79 Å². The van der Waals surface area contributed by atoms with E-state index >= 15 is 0 Å². The van der Waals surface area contributed by atoms with E-state index in [1.807, 2.05) is 0 Å². The first-order chi connectivity index (χ1) is 9.83. The van der Waals surface area contributed by atoms with E-state index in [4.69, 9.17) is 4.74 Å². The van der Waals surface area contributed by atoms with Crippen LogP contribution < -0.4 is 5.32 Å². The second-order valence-corrected chi connectivity index (χ2v) is 6.35. The Morgan fingerprint density at radius 3 is 2.70 bits per heavy atom. The molecule has 0 saturated heterocycles. The molecule has 2 aliphatic carbocycles. The molecule has 5 nitrogen and oxygen atoms in total. The summed E-state index contributed by atoms with van der Waals surface area (Å²) >= 11 is 1.20. The monoisotopic (exact) mass is 295 g/mol. The number of carbonyl (C=O) groups is 1. The van der Waals surface area contributed by atoms with Crippen molar-refractivity contribution < 1.29 is 9.53 Å². The van der Waals surface area contributed by atoms with Crippen molar-refractivity contribution in [3.63, 3.8) is 0 Å². The van der Waals surface area contributed by atoms with Gasteiger partial charge in [-0.1, -0.05) is 30.2 Å². The molecule has 2 fully saturated rings. The normalized spacial score (nSPS) is 27.6. The third kappa shape index (κ3) is 3.35. The molecule has 2 aliphatic rings. The maximum Gasteiger partial charge on any atom is 0.273 e. The zero-order valence-corrected chi connectivity index (χ0v) is 12.4. The van der Waals surface area contributed by atoms with Crippen LogP contribution in [0.25, 0.3) is 0 Å². The van der Waals surface area contributed by atoms with Crippen LogP contribution in [0.15, 0.2) is 5.38 Å². The highest BCUT2D eigenvalue weighted by atomic mass is 32.1. The molecule has 0 radical (unpaired) electrons. The first-order valence-electron chi connectivity index (χ1n) is 7.56. The van der Waals surface area contributed by atoms with Gasteiger partial charge in [0.1, 0.15) is 0 Å². The highest BCUT2D eigenvalue weighted by Crippen LogP contribution is 2.28. The largest absolute Gasteiger partial charge is 0.373 e. The van der Waals surface area contributed by atoms with Crippen LogP contribution in [0.2, 0.25) is 0 Å². The van der Waals surface area contributed by atoms with Gasteiger partial charge < -0.3 is 10.1 Å². The average molecular weight is 295 g/mol. The van der Waals surface area contributed by atoms with E-state index in [1.165, 1.54) is 43.6 Å². The molecular weight excluding hydrogens is 274 g/mol. The molecule has 1 aromatic heterocycles. The maximum atomic E-state index is 12.1. The number of nitrogens with one attached hydrogen (secondary N) is 1. The van der Waals surface area contributed by atoms with Crippen molar-refractivity contribution in [1.29, 1.82) is 0 Å². The van der Waals surface area contributed by atoms with E-state index in [9.17, 15) is 4.79 Å². The minimum atomic E-state index is -0.120. The molecule has 1 N–H and O–H groups in total. The summed E-state index contributed by atoms with van der Waals surface area (Å²) in [6, 6.07) is 0.124. The summed E-state index contributed by atoms with van der Waals surface area (Å²) in [7, 11) is 0. The van der Waals surface area contributed by atoms with Crippen LogP contribution in [-0.2, 0) is 4.74 Å². The number of aromatic nitrogens is 2. The van der Waals surface area contributed by atoms with Gasteiger partial charge in [-0.15, -0.1) is 5.10 Å². The van der Waals surface area contributed by atoms with Gasteiger partial charge in [0.15, 0.2) is 5.69 Å². The molecule has 0 spiro atoms. The van der Waals surface area contributed by atoms with Gasteiger partial charge in [0.05, 0.1) is 18.2 Å². The number of rotatable bonds is 4. The smallest absolute Gasteiger partial charge is 0.273 e. The molecule has 2 saturated carbocycles. The van der Waals surface area contributed by atoms with E-state index in [-0.39, 0.29) is 18.1 Å². The van der Waals surface area contributed by atoms with Gasteiger partial charge in [-0.2, -0.15) is 0 Å². The summed E-state index contributed by atoms with van der Waals surface area (Å²) in [6.07, 6.45) is 9.88. The number of hydrogen-bond donors (Lipinski definition) is 1. The summed E-state index contributed by atoms with van der Waals surface area (Å²) in [5.74, 6) is -0.120. The van der Waals surface area contributed by atoms with Crippen LogP contribution in [0, 0.1) is 0 Å². The lowest BCUT2D eigenvalue weighted by molar-refractivity contribution is -0.0419. The molecule has 3 rings (SSSR count). The lowest BCUT2D eigenvalue weighted by Crippen LogP contribution is -2.47. The van der Waals surface area contributed by atoms with Crippen LogP contribution >= 0.6 is 11.5 Å². The van der Waals surface area contributed by atoms with Gasteiger partial charge in [-0.25, -0.2) is 0 Å². The molecule has 1 heterocycles. The molecular formula is C14H21N3O2S. The minimum absolute atomic E-state index is 0.120. The lowest BCUT2D eigenvalue weighted by atomic mass is 9.92. The van der Waals surface area contributed by atoms with Gasteiger partial charge in [0.25, 0.3) is 5.91 Å². The summed E-state index contributed by atoms with van der Waals surface area (Å²) in [6.45, 7) is 0. The fraction of sp³-hybridized carbons (Fsp3) is 0.786. The number of amides is 1. The number of carbonyl (C=O) groups excluding carboxylic acids is 1. The van der Waals surface area contributed by atoms with Crippen LogP contribution in [0.5, 0.6) is 0 Å². The predicted octanol–water partition coefficient (Wildman–Crippen LogP) is 2.54. The maximum absolute atomic E-state index is 12.1. The molecule has 0 bridgehead atoms. The Morgan fingerprint density at radius 1 is 1.20 bits per heavy atom. The van der Waals surface area contributed by atoms with E-state index in [1.54, 1.807) is 5.38 Å². The zero-order chi connectivity index (χ0) is 13.8. The van der Waals surface area contributed by atoms with Crippen LogP contribution in [0.3, 0.4) is 0 Å². The Hall–Kier alpha value is -1.01. The standard InChI is InChI=1S/C14H21N3O2S/c18-14(12-9-20-17-16-12)15-11-7-3-4-8-13(11)19-10-5-1-2-6-10/h9-11,13H,1-8H2,(H,15,18). The molecule has 2 unspecified atom stereocenters. The van der Waals surface area contributed by atoms with Crippen molar-refractivity contribution >= 4 is 17.4 Å². The number of hydrogen-bond acceptors (Lipinski definition) is 5. The summed E-state index contributed by atoms with van der Waals surface area (Å²) in [5.41, 5.74) is 0.417. The highest BCUT2D eigenvalue weighted by Gasteiger charge is 2.31. The second-order valence-electron chi connectivity index (χ2n) is 5.74. The number of nitrogens with zero attached hydrogens (tertiary/aromatic N) is 2. The van der Waals surface area contributed by atoms with Gasteiger partial charge in [0, 0.05) is 5.38 Å². The molecule has 1 aromatic rings. The van der Waals surface area contributed by atoms with E-state index < -0.39 is 0 Å². The zero-order valence-electron chi connectivity index (χ0n) is 11.6. The van der Waals surface area contributed by atoms with Crippen molar-refractivity contribution in [3.8, 4) is 0 Å². The fourth-order valence-corrected chi connectivity index (χ4v) is 3.64. The van der Waals surface area contributed by atoms with Crippen molar-refractivity contribution in [2.45, 2.75) is 69.6 Å². The van der Waals surface area contributed by atoms with Crippen molar-refractivity contribution in [3.05, 3.63) is 11.1 Å².